The molecule has 0 saturated carbocycles. The van der Waals surface area contributed by atoms with E-state index >= 15 is 0 Å². The minimum absolute atomic E-state index is 0. The molecule has 0 radical (unpaired) electrons. The van der Waals surface area contributed by atoms with Gasteiger partial charge in [0.05, 0.1) is 0 Å². The summed E-state index contributed by atoms with van der Waals surface area (Å²) >= 11 is 0. The zero-order valence-corrected chi connectivity index (χ0v) is 2.94. The van der Waals surface area contributed by atoms with E-state index in [0.717, 1.165) is 0 Å². The predicted octanol–water partition coefficient (Wildman–Crippen LogP) is -6.15. The van der Waals surface area contributed by atoms with Crippen LogP contribution in [0.4, 0.5) is 0 Å². The zero-order valence-electron chi connectivity index (χ0n) is 2.12. The van der Waals surface area contributed by atoms with Crippen molar-refractivity contribution in [2.75, 3.05) is 0 Å². The topological polar surface area (TPSA) is 74.6 Å². The van der Waals surface area contributed by atoms with Crippen molar-refractivity contribution >= 4 is 304 Å². The van der Waals surface area contributed by atoms with E-state index in [9.17, 15) is 0 Å². The number of hydrogen-bond acceptors (Lipinski definition) is 2. The van der Waals surface area contributed by atoms with Crippen molar-refractivity contribution in [3.8, 4) is 0 Å². The van der Waals surface area contributed by atoms with Crippen LogP contribution in [0.15, 0.2) is 0 Å². The van der Waals surface area contributed by atoms with Crippen molar-refractivity contribution in [2.45, 2.75) is 0 Å². The molecule has 2 N–H and O–H groups in total. The summed E-state index contributed by atoms with van der Waals surface area (Å²) in [5.41, 5.74) is 0. The average Bonchev–Trinajstić information content (AvgIpc) is 0.722. The summed E-state index contributed by atoms with van der Waals surface area (Å²) in [7, 11) is -4.67. The van der Waals surface area contributed by atoms with E-state index in [0.29, 0.717) is 0 Å². The maximum atomic E-state index is 8.74. The molecule has 0 aliphatic rings. The van der Waals surface area contributed by atoms with Gasteiger partial charge in [-0.3, -0.25) is 9.11 Å². The summed E-state index contributed by atoms with van der Waals surface area (Å²) in [4.78, 5) is 0. The van der Waals surface area contributed by atoms with Gasteiger partial charge in [0.25, 0.3) is 0 Å². The summed E-state index contributed by atoms with van der Waals surface area (Å²) in [6.45, 7) is 0. The standard InChI is InChI=1S/6Ba.H2O4S.12H/c;;;;;;1-5(2,3)4;;;;;;;;;;;;/h;;;;;;(H2,1,2,3,4);;;;;;;;;;;;. The van der Waals surface area contributed by atoms with Crippen molar-refractivity contribution in [3.05, 3.63) is 0 Å². The van der Waals surface area contributed by atoms with Gasteiger partial charge in [-0.05, 0) is 0 Å². The summed E-state index contributed by atoms with van der Waals surface area (Å²) in [5.74, 6) is 0. The first kappa shape index (κ1) is 42.7. The molecule has 11 heteroatoms. The molecule has 0 amide bonds. The fourth-order valence-electron chi connectivity index (χ4n) is 0. The normalized spacial score (nSPS) is 5.27. The van der Waals surface area contributed by atoms with Crippen molar-refractivity contribution in [3.63, 3.8) is 0 Å². The van der Waals surface area contributed by atoms with Crippen LogP contribution in [0.25, 0.3) is 0 Å². The SMILES string of the molecule is O=S(=O)(O)O.[BaH2].[BaH2].[BaH2].[BaH2].[BaH2].[BaH2]. The van der Waals surface area contributed by atoms with Gasteiger partial charge >= 0.3 is 304 Å². The predicted molar refractivity (Wildman–Crippen MR) is 65.4 cm³/mol. The molecule has 0 saturated heterocycles. The molecular weight excluding hydrogens is 920 g/mol. The Morgan fingerprint density at radius 1 is 0.636 bits per heavy atom. The van der Waals surface area contributed by atoms with Gasteiger partial charge in [-0.25, -0.2) is 0 Å². The van der Waals surface area contributed by atoms with Gasteiger partial charge in [-0.2, -0.15) is 8.42 Å². The molecule has 11 heavy (non-hydrogen) atoms. The van der Waals surface area contributed by atoms with Crippen LogP contribution < -0.4 is 0 Å². The fraction of sp³-hybridized carbons (Fsp3) is 0. The Hall–Kier alpha value is 9.30. The van der Waals surface area contributed by atoms with E-state index in [1.54, 1.807) is 0 Å². The first-order chi connectivity index (χ1) is 2.00. The number of rotatable bonds is 0. The molecule has 0 aromatic carbocycles. The van der Waals surface area contributed by atoms with E-state index in [1.165, 1.54) is 0 Å². The Kier molecular flexibility index (Phi) is 107. The molecule has 0 aromatic heterocycles. The third kappa shape index (κ3) is 66.8. The minimum atomic E-state index is -4.67. The molecule has 0 spiro atoms. The van der Waals surface area contributed by atoms with Gasteiger partial charge in [0.2, 0.25) is 0 Å². The summed E-state index contributed by atoms with van der Waals surface area (Å²) in [6, 6.07) is 0. The van der Waals surface area contributed by atoms with Gasteiger partial charge in [0.1, 0.15) is 0 Å². The van der Waals surface area contributed by atoms with Crippen LogP contribution in [0, 0.1) is 0 Å². The zero-order chi connectivity index (χ0) is 4.50. The molecule has 0 aliphatic heterocycles. The van der Waals surface area contributed by atoms with Gasteiger partial charge < -0.3 is 0 Å². The molecule has 0 aliphatic carbocycles. The quantitative estimate of drug-likeness (QED) is 0.188. The van der Waals surface area contributed by atoms with Gasteiger partial charge in [-0.1, -0.05) is 0 Å². The molecule has 0 atom stereocenters. The van der Waals surface area contributed by atoms with Crippen LogP contribution in [0.2, 0.25) is 0 Å². The van der Waals surface area contributed by atoms with E-state index in [2.05, 4.69) is 0 Å². The Morgan fingerprint density at radius 3 is 0.636 bits per heavy atom. The van der Waals surface area contributed by atoms with Crippen molar-refractivity contribution in [2.24, 2.45) is 0 Å². The van der Waals surface area contributed by atoms with E-state index in [1.807, 2.05) is 0 Å². The molecular formula is H14Ba6O4S. The van der Waals surface area contributed by atoms with Crippen LogP contribution >= 0.6 is 0 Å². The van der Waals surface area contributed by atoms with Crippen LogP contribution in [0.5, 0.6) is 0 Å². The Labute approximate surface area is 308 Å². The Morgan fingerprint density at radius 2 is 0.636 bits per heavy atom. The van der Waals surface area contributed by atoms with Gasteiger partial charge in [0, 0.05) is 0 Å². The fourth-order valence-corrected chi connectivity index (χ4v) is 0. The molecule has 0 unspecified atom stereocenters. The van der Waals surface area contributed by atoms with Crippen LogP contribution in [-0.2, 0) is 10.4 Å². The second kappa shape index (κ2) is 27.6. The Bertz CT molecular complexity index is 97.8. The average molecular weight is 934 g/mol. The molecule has 56 valence electrons. The summed E-state index contributed by atoms with van der Waals surface area (Å²) in [5, 5.41) is 0. The van der Waals surface area contributed by atoms with E-state index in [4.69, 9.17) is 17.5 Å². The van der Waals surface area contributed by atoms with Crippen molar-refractivity contribution in [1.29, 1.82) is 0 Å². The maximum absolute atomic E-state index is 8.74. The van der Waals surface area contributed by atoms with E-state index in [-0.39, 0.29) is 293 Å². The van der Waals surface area contributed by atoms with Crippen molar-refractivity contribution in [1.82, 2.24) is 0 Å². The van der Waals surface area contributed by atoms with Gasteiger partial charge in [-0.15, -0.1) is 0 Å². The molecule has 0 fully saturated rings. The molecule has 0 rings (SSSR count). The molecule has 0 heterocycles. The Balaban J connectivity index is -0.00000000533. The molecule has 4 nitrogen and oxygen atoms in total. The van der Waals surface area contributed by atoms with Crippen LogP contribution in [0.1, 0.15) is 0 Å². The van der Waals surface area contributed by atoms with Crippen LogP contribution in [-0.4, -0.2) is 311 Å². The first-order valence-corrected chi connectivity index (χ1v) is 2.10. The van der Waals surface area contributed by atoms with Crippen molar-refractivity contribution < 1.29 is 17.5 Å². The monoisotopic (exact) mass is 937 g/mol. The summed E-state index contributed by atoms with van der Waals surface area (Å²) < 4.78 is 31.6. The van der Waals surface area contributed by atoms with Gasteiger partial charge in [0.15, 0.2) is 0 Å². The molecule has 0 aromatic rings. The molecule has 0 bridgehead atoms. The third-order valence-electron chi connectivity index (χ3n) is 0. The van der Waals surface area contributed by atoms with Crippen LogP contribution in [0.3, 0.4) is 0 Å². The number of hydrogen-bond donors (Lipinski definition) is 2. The third-order valence-corrected chi connectivity index (χ3v) is 0. The summed E-state index contributed by atoms with van der Waals surface area (Å²) in [6.07, 6.45) is 0. The first-order valence-electron chi connectivity index (χ1n) is 0.698. The second-order valence-corrected chi connectivity index (χ2v) is 1.34. The second-order valence-electron chi connectivity index (χ2n) is 0.448. The van der Waals surface area contributed by atoms with E-state index < -0.39 is 10.4 Å².